The number of rotatable bonds is 7. The third-order valence-electron chi connectivity index (χ3n) is 4.18. The largest absolute Gasteiger partial charge is 0.492 e. The van der Waals surface area contributed by atoms with Crippen molar-refractivity contribution < 1.29 is 19.2 Å². The Morgan fingerprint density at radius 1 is 1.20 bits per heavy atom. The number of piperazine rings is 1. The van der Waals surface area contributed by atoms with E-state index >= 15 is 0 Å². The first-order valence-electron chi connectivity index (χ1n) is 9.02. The minimum atomic E-state index is -0.407. The average molecular weight is 349 g/mol. The second-order valence-corrected chi connectivity index (χ2v) is 6.12. The molecule has 7 heteroatoms. The van der Waals surface area contributed by atoms with Crippen molar-refractivity contribution in [3.8, 4) is 5.75 Å². The van der Waals surface area contributed by atoms with E-state index in [1.54, 1.807) is 0 Å². The molecule has 1 aliphatic rings. The molecule has 0 aromatic heterocycles. The summed E-state index contributed by atoms with van der Waals surface area (Å²) in [5, 5.41) is 5.03. The van der Waals surface area contributed by atoms with E-state index in [-0.39, 0.29) is 5.91 Å². The number of hydrogen-bond acceptors (Lipinski definition) is 4. The zero-order chi connectivity index (χ0) is 18.1. The highest BCUT2D eigenvalue weighted by Gasteiger charge is 2.24. The van der Waals surface area contributed by atoms with E-state index in [9.17, 15) is 9.59 Å². The number of carbonyl (C=O) groups excluding carboxylic acids is 2. The SMILES string of the molecule is CCCNC(=O)NC(=O)C[NH+]1CCN(c2ccccc2OCC)CC1. The van der Waals surface area contributed by atoms with Crippen LogP contribution in [0.5, 0.6) is 5.75 Å². The molecular formula is C18H29N4O3+. The first-order chi connectivity index (χ1) is 12.1. The fourth-order valence-electron chi connectivity index (χ4n) is 2.92. The van der Waals surface area contributed by atoms with Crippen molar-refractivity contribution in [2.75, 3.05) is 50.8 Å². The van der Waals surface area contributed by atoms with Crippen LogP contribution in [-0.2, 0) is 4.79 Å². The molecule has 3 amide bonds. The number of nitrogens with one attached hydrogen (secondary N) is 3. The zero-order valence-corrected chi connectivity index (χ0v) is 15.1. The van der Waals surface area contributed by atoms with Crippen LogP contribution in [0.4, 0.5) is 10.5 Å². The lowest BCUT2D eigenvalue weighted by Crippen LogP contribution is -3.16. The van der Waals surface area contributed by atoms with Crippen molar-refractivity contribution in [1.29, 1.82) is 0 Å². The number of quaternary nitrogens is 1. The molecule has 0 atom stereocenters. The molecule has 25 heavy (non-hydrogen) atoms. The Morgan fingerprint density at radius 2 is 1.92 bits per heavy atom. The Kier molecular flexibility index (Phi) is 7.53. The van der Waals surface area contributed by atoms with Crippen molar-refractivity contribution >= 4 is 17.6 Å². The highest BCUT2D eigenvalue weighted by Crippen LogP contribution is 2.27. The third kappa shape index (κ3) is 5.94. The van der Waals surface area contributed by atoms with Crippen LogP contribution in [0.25, 0.3) is 0 Å². The summed E-state index contributed by atoms with van der Waals surface area (Å²) >= 11 is 0. The standard InChI is InChI=1S/C18H28N4O3/c1-3-9-19-18(24)20-17(23)14-21-10-12-22(13-11-21)15-7-5-6-8-16(15)25-4-2/h5-8H,3-4,9-14H2,1-2H3,(H2,19,20,23,24)/p+1. The molecule has 1 aromatic carbocycles. The minimum Gasteiger partial charge on any atom is -0.492 e. The molecule has 1 fully saturated rings. The van der Waals surface area contributed by atoms with Gasteiger partial charge in [-0.1, -0.05) is 19.1 Å². The molecule has 0 spiro atoms. The number of urea groups is 1. The van der Waals surface area contributed by atoms with Crippen LogP contribution in [0, 0.1) is 0 Å². The first kappa shape index (κ1) is 19.1. The van der Waals surface area contributed by atoms with Crippen LogP contribution in [0.2, 0.25) is 0 Å². The number of hydrogen-bond donors (Lipinski definition) is 3. The molecule has 0 saturated carbocycles. The molecule has 0 bridgehead atoms. The normalized spacial score (nSPS) is 14.9. The predicted octanol–water partition coefficient (Wildman–Crippen LogP) is 0.0260. The fraction of sp³-hybridized carbons (Fsp3) is 0.556. The Hall–Kier alpha value is -2.28. The Morgan fingerprint density at radius 3 is 2.60 bits per heavy atom. The number of ether oxygens (including phenoxy) is 1. The molecule has 1 aromatic rings. The molecule has 138 valence electrons. The molecule has 1 heterocycles. The van der Waals surface area contributed by atoms with Gasteiger partial charge in [0.2, 0.25) is 0 Å². The van der Waals surface area contributed by atoms with Gasteiger partial charge < -0.3 is 19.9 Å². The van der Waals surface area contributed by atoms with Gasteiger partial charge in [-0.25, -0.2) is 4.79 Å². The molecule has 1 aliphatic heterocycles. The minimum absolute atomic E-state index is 0.230. The van der Waals surface area contributed by atoms with Crippen LogP contribution < -0.4 is 25.2 Å². The first-order valence-corrected chi connectivity index (χ1v) is 9.02. The quantitative estimate of drug-likeness (QED) is 0.649. The summed E-state index contributed by atoms with van der Waals surface area (Å²) in [6.07, 6.45) is 0.845. The van der Waals surface area contributed by atoms with Crippen molar-refractivity contribution in [3.63, 3.8) is 0 Å². The summed E-state index contributed by atoms with van der Waals surface area (Å²) < 4.78 is 5.70. The summed E-state index contributed by atoms with van der Waals surface area (Å²) in [5.74, 6) is 0.672. The number of anilines is 1. The number of carbonyl (C=O) groups is 2. The van der Waals surface area contributed by atoms with Gasteiger partial charge >= 0.3 is 6.03 Å². The number of benzene rings is 1. The maximum Gasteiger partial charge on any atom is 0.321 e. The number of amides is 3. The highest BCUT2D eigenvalue weighted by molar-refractivity contribution is 5.94. The summed E-state index contributed by atoms with van der Waals surface area (Å²) in [6.45, 7) is 8.90. The van der Waals surface area contributed by atoms with Crippen molar-refractivity contribution in [3.05, 3.63) is 24.3 Å². The Labute approximate surface area is 149 Å². The van der Waals surface area contributed by atoms with Crippen LogP contribution >= 0.6 is 0 Å². The maximum absolute atomic E-state index is 11.9. The van der Waals surface area contributed by atoms with Gasteiger partial charge in [-0.2, -0.15) is 0 Å². The van der Waals surface area contributed by atoms with Crippen LogP contribution in [0.3, 0.4) is 0 Å². The lowest BCUT2D eigenvalue weighted by molar-refractivity contribution is -0.892. The van der Waals surface area contributed by atoms with Gasteiger partial charge in [0, 0.05) is 6.54 Å². The third-order valence-corrected chi connectivity index (χ3v) is 4.18. The summed E-state index contributed by atoms with van der Waals surface area (Å²) in [4.78, 5) is 26.9. The number of imide groups is 1. The molecule has 0 aliphatic carbocycles. The van der Waals surface area contributed by atoms with Gasteiger partial charge in [-0.15, -0.1) is 0 Å². The predicted molar refractivity (Wildman–Crippen MR) is 97.2 cm³/mol. The maximum atomic E-state index is 11.9. The van der Waals surface area contributed by atoms with E-state index in [0.29, 0.717) is 19.7 Å². The molecular weight excluding hydrogens is 320 g/mol. The summed E-state index contributed by atoms with van der Waals surface area (Å²) in [6, 6.07) is 7.64. The van der Waals surface area contributed by atoms with Gasteiger partial charge in [-0.05, 0) is 25.5 Å². The molecule has 7 nitrogen and oxygen atoms in total. The van der Waals surface area contributed by atoms with E-state index in [1.807, 2.05) is 32.0 Å². The Balaban J connectivity index is 1.80. The van der Waals surface area contributed by atoms with Crippen LogP contribution in [0.15, 0.2) is 24.3 Å². The van der Waals surface area contributed by atoms with Crippen LogP contribution in [0.1, 0.15) is 20.3 Å². The van der Waals surface area contributed by atoms with Gasteiger partial charge in [0.05, 0.1) is 38.5 Å². The lowest BCUT2D eigenvalue weighted by atomic mass is 10.2. The second kappa shape index (κ2) is 9.88. The monoisotopic (exact) mass is 349 g/mol. The van der Waals surface area contributed by atoms with E-state index in [2.05, 4.69) is 21.6 Å². The fourth-order valence-corrected chi connectivity index (χ4v) is 2.92. The van der Waals surface area contributed by atoms with Gasteiger partial charge in [0.15, 0.2) is 6.54 Å². The molecule has 3 N–H and O–H groups in total. The summed E-state index contributed by atoms with van der Waals surface area (Å²) in [5.41, 5.74) is 1.10. The number of para-hydroxylation sites is 2. The van der Waals surface area contributed by atoms with E-state index in [0.717, 1.165) is 44.0 Å². The second-order valence-electron chi connectivity index (χ2n) is 6.12. The van der Waals surface area contributed by atoms with Crippen molar-refractivity contribution in [1.82, 2.24) is 10.6 Å². The van der Waals surface area contributed by atoms with Crippen LogP contribution in [-0.4, -0.2) is 57.8 Å². The van der Waals surface area contributed by atoms with E-state index in [1.165, 1.54) is 4.90 Å². The Bertz CT molecular complexity index is 571. The zero-order valence-electron chi connectivity index (χ0n) is 15.1. The smallest absolute Gasteiger partial charge is 0.321 e. The molecule has 1 saturated heterocycles. The molecule has 2 rings (SSSR count). The molecule has 0 unspecified atom stereocenters. The van der Waals surface area contributed by atoms with Gasteiger partial charge in [0.25, 0.3) is 5.91 Å². The summed E-state index contributed by atoms with van der Waals surface area (Å²) in [7, 11) is 0. The van der Waals surface area contributed by atoms with E-state index < -0.39 is 6.03 Å². The van der Waals surface area contributed by atoms with E-state index in [4.69, 9.17) is 4.74 Å². The van der Waals surface area contributed by atoms with Crippen molar-refractivity contribution in [2.24, 2.45) is 0 Å². The van der Waals surface area contributed by atoms with Gasteiger partial charge in [-0.3, -0.25) is 10.1 Å². The highest BCUT2D eigenvalue weighted by atomic mass is 16.5. The molecule has 0 radical (unpaired) electrons. The average Bonchev–Trinajstić information content (AvgIpc) is 2.61. The van der Waals surface area contributed by atoms with Crippen molar-refractivity contribution in [2.45, 2.75) is 20.3 Å². The number of nitrogens with zero attached hydrogens (tertiary/aromatic N) is 1. The lowest BCUT2D eigenvalue weighted by Gasteiger charge is -2.34. The van der Waals surface area contributed by atoms with Gasteiger partial charge in [0.1, 0.15) is 5.75 Å². The topological polar surface area (TPSA) is 75.1 Å².